The number of pyridine rings is 1. The molecular formula is C9H11FN2O2. The predicted octanol–water partition coefficient (Wildman–Crippen LogP) is 0.263. The maximum absolute atomic E-state index is 13.0. The smallest absolute Gasteiger partial charge is 0.322 e. The fraction of sp³-hybridized carbons (Fsp3) is 0.333. The lowest BCUT2D eigenvalue weighted by Crippen LogP contribution is -2.33. The van der Waals surface area contributed by atoms with E-state index in [9.17, 15) is 9.18 Å². The standard InChI is InChI=1S/C9H11FN2O2/c1-14-9(13)7(11)5-6-3-2-4-12-8(6)10/h2-4,7H,5,11H2,1H3. The van der Waals surface area contributed by atoms with E-state index in [0.717, 1.165) is 0 Å². The van der Waals surface area contributed by atoms with Gasteiger partial charge in [0.05, 0.1) is 7.11 Å². The summed E-state index contributed by atoms with van der Waals surface area (Å²) in [7, 11) is 1.24. The molecule has 0 radical (unpaired) electrons. The van der Waals surface area contributed by atoms with Crippen molar-refractivity contribution in [1.82, 2.24) is 4.98 Å². The van der Waals surface area contributed by atoms with Crippen molar-refractivity contribution >= 4 is 5.97 Å². The van der Waals surface area contributed by atoms with E-state index in [-0.39, 0.29) is 6.42 Å². The van der Waals surface area contributed by atoms with Crippen LogP contribution in [-0.2, 0) is 16.0 Å². The lowest BCUT2D eigenvalue weighted by Gasteiger charge is -2.08. The largest absolute Gasteiger partial charge is 0.468 e. The van der Waals surface area contributed by atoms with E-state index >= 15 is 0 Å². The minimum atomic E-state index is -0.848. The van der Waals surface area contributed by atoms with E-state index < -0.39 is 18.0 Å². The third-order valence-electron chi connectivity index (χ3n) is 1.78. The first-order valence-corrected chi connectivity index (χ1v) is 4.08. The molecule has 0 aromatic carbocycles. The first-order valence-electron chi connectivity index (χ1n) is 4.08. The predicted molar refractivity (Wildman–Crippen MR) is 47.9 cm³/mol. The quantitative estimate of drug-likeness (QED) is 0.559. The molecule has 1 aromatic heterocycles. The van der Waals surface area contributed by atoms with Crippen LogP contribution < -0.4 is 5.73 Å². The number of carbonyl (C=O) groups excluding carboxylic acids is 1. The number of aromatic nitrogens is 1. The minimum absolute atomic E-state index is 0.0896. The Morgan fingerprint density at radius 2 is 2.50 bits per heavy atom. The fourth-order valence-electron chi connectivity index (χ4n) is 1.04. The molecule has 5 heteroatoms. The van der Waals surface area contributed by atoms with E-state index in [2.05, 4.69) is 9.72 Å². The van der Waals surface area contributed by atoms with Gasteiger partial charge in [-0.15, -0.1) is 0 Å². The number of esters is 1. The highest BCUT2D eigenvalue weighted by Gasteiger charge is 2.16. The molecule has 0 aliphatic heterocycles. The number of hydrogen-bond donors (Lipinski definition) is 1. The Bertz CT molecular complexity index is 330. The van der Waals surface area contributed by atoms with Crippen LogP contribution in [0, 0.1) is 5.95 Å². The number of methoxy groups -OCH3 is 1. The number of carbonyl (C=O) groups is 1. The van der Waals surface area contributed by atoms with Crippen LogP contribution >= 0.6 is 0 Å². The van der Waals surface area contributed by atoms with Crippen LogP contribution in [-0.4, -0.2) is 24.1 Å². The second-order valence-electron chi connectivity index (χ2n) is 2.79. The van der Waals surface area contributed by atoms with Crippen LogP contribution in [0.25, 0.3) is 0 Å². The summed E-state index contributed by atoms with van der Waals surface area (Å²) in [5.41, 5.74) is 5.77. The maximum atomic E-state index is 13.0. The molecule has 1 heterocycles. The van der Waals surface area contributed by atoms with E-state index in [4.69, 9.17) is 5.73 Å². The van der Waals surface area contributed by atoms with Gasteiger partial charge in [-0.25, -0.2) is 4.98 Å². The Labute approximate surface area is 80.9 Å². The first kappa shape index (κ1) is 10.6. The zero-order valence-corrected chi connectivity index (χ0v) is 7.74. The van der Waals surface area contributed by atoms with Crippen molar-refractivity contribution in [2.75, 3.05) is 7.11 Å². The number of nitrogens with two attached hydrogens (primary N) is 1. The van der Waals surface area contributed by atoms with Gasteiger partial charge in [0.1, 0.15) is 6.04 Å². The molecule has 1 aromatic rings. The molecule has 0 saturated carbocycles. The zero-order valence-electron chi connectivity index (χ0n) is 7.74. The van der Waals surface area contributed by atoms with Crippen molar-refractivity contribution in [3.8, 4) is 0 Å². The molecule has 14 heavy (non-hydrogen) atoms. The molecule has 0 saturated heterocycles. The van der Waals surface area contributed by atoms with Gasteiger partial charge in [0, 0.05) is 18.2 Å². The van der Waals surface area contributed by atoms with Crippen molar-refractivity contribution < 1.29 is 13.9 Å². The Balaban J connectivity index is 2.69. The number of ether oxygens (including phenoxy) is 1. The highest BCUT2D eigenvalue weighted by Crippen LogP contribution is 2.06. The lowest BCUT2D eigenvalue weighted by molar-refractivity contribution is -0.142. The van der Waals surface area contributed by atoms with Gasteiger partial charge in [-0.05, 0) is 6.07 Å². The number of rotatable bonds is 3. The van der Waals surface area contributed by atoms with Crippen LogP contribution in [0.2, 0.25) is 0 Å². The van der Waals surface area contributed by atoms with E-state index in [1.807, 2.05) is 0 Å². The summed E-state index contributed by atoms with van der Waals surface area (Å²) in [6, 6.07) is 2.27. The zero-order chi connectivity index (χ0) is 10.6. The molecule has 0 fully saturated rings. The Morgan fingerprint density at radius 1 is 1.79 bits per heavy atom. The third-order valence-corrected chi connectivity index (χ3v) is 1.78. The third kappa shape index (κ3) is 2.50. The van der Waals surface area contributed by atoms with Gasteiger partial charge < -0.3 is 10.5 Å². The Hall–Kier alpha value is -1.49. The molecule has 1 rings (SSSR count). The minimum Gasteiger partial charge on any atom is -0.468 e. The van der Waals surface area contributed by atoms with Crippen LogP contribution in [0.15, 0.2) is 18.3 Å². The molecule has 0 amide bonds. The van der Waals surface area contributed by atoms with Gasteiger partial charge in [0.25, 0.3) is 0 Å². The fourth-order valence-corrected chi connectivity index (χ4v) is 1.04. The van der Waals surface area contributed by atoms with Gasteiger partial charge >= 0.3 is 5.97 Å². The Kier molecular flexibility index (Phi) is 3.53. The summed E-state index contributed by atoms with van der Waals surface area (Å²) >= 11 is 0. The van der Waals surface area contributed by atoms with Crippen LogP contribution in [0.4, 0.5) is 4.39 Å². The number of nitrogens with zero attached hydrogens (tertiary/aromatic N) is 1. The van der Waals surface area contributed by atoms with E-state index in [1.54, 1.807) is 6.07 Å². The maximum Gasteiger partial charge on any atom is 0.322 e. The first-order chi connectivity index (χ1) is 6.65. The highest BCUT2D eigenvalue weighted by molar-refractivity contribution is 5.75. The average molecular weight is 198 g/mol. The van der Waals surface area contributed by atoms with Crippen molar-refractivity contribution in [2.45, 2.75) is 12.5 Å². The van der Waals surface area contributed by atoms with Crippen molar-refractivity contribution in [3.05, 3.63) is 29.8 Å². The molecule has 2 N–H and O–H groups in total. The molecule has 0 spiro atoms. The van der Waals surface area contributed by atoms with Gasteiger partial charge in [0.2, 0.25) is 5.95 Å². The molecule has 0 aliphatic rings. The second kappa shape index (κ2) is 4.66. The van der Waals surface area contributed by atoms with Gasteiger partial charge in [-0.3, -0.25) is 4.79 Å². The van der Waals surface area contributed by atoms with Gasteiger partial charge in [-0.2, -0.15) is 4.39 Å². The van der Waals surface area contributed by atoms with Crippen LogP contribution in [0.5, 0.6) is 0 Å². The normalized spacial score (nSPS) is 12.2. The second-order valence-corrected chi connectivity index (χ2v) is 2.79. The number of hydrogen-bond acceptors (Lipinski definition) is 4. The summed E-state index contributed by atoms with van der Waals surface area (Å²) in [5, 5.41) is 0. The summed E-state index contributed by atoms with van der Waals surface area (Å²) in [6.07, 6.45) is 1.43. The molecule has 4 nitrogen and oxygen atoms in total. The average Bonchev–Trinajstić information content (AvgIpc) is 2.20. The molecule has 76 valence electrons. The van der Waals surface area contributed by atoms with Crippen LogP contribution in [0.1, 0.15) is 5.56 Å². The molecule has 1 unspecified atom stereocenters. The van der Waals surface area contributed by atoms with E-state index in [1.165, 1.54) is 19.4 Å². The summed E-state index contributed by atoms with van der Waals surface area (Å²) < 4.78 is 17.4. The van der Waals surface area contributed by atoms with Gasteiger partial charge in [-0.1, -0.05) is 6.07 Å². The molecular weight excluding hydrogens is 187 g/mol. The topological polar surface area (TPSA) is 65.2 Å². The number of halogens is 1. The van der Waals surface area contributed by atoms with Gasteiger partial charge in [0.15, 0.2) is 0 Å². The molecule has 1 atom stereocenters. The highest BCUT2D eigenvalue weighted by atomic mass is 19.1. The summed E-state index contributed by atoms with van der Waals surface area (Å²) in [5.74, 6) is -1.17. The van der Waals surface area contributed by atoms with Crippen molar-refractivity contribution in [3.63, 3.8) is 0 Å². The van der Waals surface area contributed by atoms with Crippen LogP contribution in [0.3, 0.4) is 0 Å². The monoisotopic (exact) mass is 198 g/mol. The molecule has 0 bridgehead atoms. The SMILES string of the molecule is COC(=O)C(N)Cc1cccnc1F. The molecule has 0 aliphatic carbocycles. The van der Waals surface area contributed by atoms with E-state index in [0.29, 0.717) is 5.56 Å². The van der Waals surface area contributed by atoms with Crippen molar-refractivity contribution in [1.29, 1.82) is 0 Å². The van der Waals surface area contributed by atoms with Crippen molar-refractivity contribution in [2.24, 2.45) is 5.73 Å². The Morgan fingerprint density at radius 3 is 3.07 bits per heavy atom. The lowest BCUT2D eigenvalue weighted by atomic mass is 10.1. The summed E-state index contributed by atoms with van der Waals surface area (Å²) in [6.45, 7) is 0. The summed E-state index contributed by atoms with van der Waals surface area (Å²) in [4.78, 5) is 14.4.